The standard InChI is InChI=1S/C25H33ClN2O3/c1-27(16-24(30)17-29)15-18-3-5-19(6-4-18)20-9-13-23(14-10-20)28(2)25(31)21-7-11-22(26)12-8-21/h3-8,11-12,20,23-24,29-30H,9-10,13-17H2,1-2H3/t20?,23?,24-/m1/s1. The number of hydrogen-bond acceptors (Lipinski definition) is 4. The topological polar surface area (TPSA) is 64.0 Å². The second-order valence-corrected chi connectivity index (χ2v) is 9.14. The first kappa shape index (κ1) is 23.7. The van der Waals surface area contributed by atoms with Gasteiger partial charge < -0.3 is 15.1 Å². The lowest BCUT2D eigenvalue weighted by Gasteiger charge is -2.35. The van der Waals surface area contributed by atoms with Gasteiger partial charge in [0.25, 0.3) is 5.91 Å². The highest BCUT2D eigenvalue weighted by atomic mass is 35.5. The van der Waals surface area contributed by atoms with E-state index in [0.29, 0.717) is 23.0 Å². The average molecular weight is 445 g/mol. The van der Waals surface area contributed by atoms with E-state index in [1.165, 1.54) is 11.1 Å². The van der Waals surface area contributed by atoms with E-state index in [9.17, 15) is 9.90 Å². The Morgan fingerprint density at radius 2 is 1.65 bits per heavy atom. The molecule has 0 unspecified atom stereocenters. The van der Waals surface area contributed by atoms with Gasteiger partial charge in [0.1, 0.15) is 0 Å². The van der Waals surface area contributed by atoms with Crippen LogP contribution in [-0.4, -0.2) is 65.3 Å². The van der Waals surface area contributed by atoms with E-state index in [1.54, 1.807) is 24.3 Å². The first-order valence-electron chi connectivity index (χ1n) is 11.0. The van der Waals surface area contributed by atoms with Gasteiger partial charge in [-0.05, 0) is 74.0 Å². The van der Waals surface area contributed by atoms with E-state index in [-0.39, 0.29) is 18.6 Å². The van der Waals surface area contributed by atoms with Gasteiger partial charge in [-0.2, -0.15) is 0 Å². The van der Waals surface area contributed by atoms with Crippen molar-refractivity contribution in [3.8, 4) is 0 Å². The summed E-state index contributed by atoms with van der Waals surface area (Å²) in [4.78, 5) is 16.7. The van der Waals surface area contributed by atoms with Gasteiger partial charge in [0.15, 0.2) is 0 Å². The highest BCUT2D eigenvalue weighted by molar-refractivity contribution is 6.30. The zero-order chi connectivity index (χ0) is 22.4. The van der Waals surface area contributed by atoms with Gasteiger partial charge in [-0.25, -0.2) is 0 Å². The molecule has 1 aliphatic carbocycles. The summed E-state index contributed by atoms with van der Waals surface area (Å²) < 4.78 is 0. The fraction of sp³-hybridized carbons (Fsp3) is 0.480. The number of carbonyl (C=O) groups is 1. The molecule has 2 aromatic rings. The summed E-state index contributed by atoms with van der Waals surface area (Å²) in [6.07, 6.45) is 3.45. The summed E-state index contributed by atoms with van der Waals surface area (Å²) in [5, 5.41) is 19.2. The molecule has 1 saturated carbocycles. The van der Waals surface area contributed by atoms with Crippen LogP contribution in [-0.2, 0) is 6.54 Å². The lowest BCUT2D eigenvalue weighted by Crippen LogP contribution is -2.39. The minimum atomic E-state index is -0.704. The second kappa shape index (κ2) is 11.1. The van der Waals surface area contributed by atoms with Gasteiger partial charge in [0, 0.05) is 36.8 Å². The lowest BCUT2D eigenvalue weighted by atomic mass is 9.81. The highest BCUT2D eigenvalue weighted by Crippen LogP contribution is 2.35. The van der Waals surface area contributed by atoms with E-state index >= 15 is 0 Å². The van der Waals surface area contributed by atoms with Crippen LogP contribution in [0.4, 0.5) is 0 Å². The minimum Gasteiger partial charge on any atom is -0.394 e. The number of hydrogen-bond donors (Lipinski definition) is 2. The molecule has 0 aromatic heterocycles. The van der Waals surface area contributed by atoms with E-state index in [1.807, 2.05) is 23.9 Å². The van der Waals surface area contributed by atoms with E-state index < -0.39 is 6.10 Å². The van der Waals surface area contributed by atoms with Gasteiger partial charge >= 0.3 is 0 Å². The van der Waals surface area contributed by atoms with E-state index in [4.69, 9.17) is 16.7 Å². The molecular weight excluding hydrogens is 412 g/mol. The first-order chi connectivity index (χ1) is 14.9. The zero-order valence-corrected chi connectivity index (χ0v) is 19.1. The van der Waals surface area contributed by atoms with Crippen molar-refractivity contribution in [2.45, 2.75) is 50.3 Å². The van der Waals surface area contributed by atoms with E-state index in [0.717, 1.165) is 32.2 Å². The quantitative estimate of drug-likeness (QED) is 0.647. The maximum absolute atomic E-state index is 12.8. The summed E-state index contributed by atoms with van der Waals surface area (Å²) in [7, 11) is 3.84. The van der Waals surface area contributed by atoms with Crippen molar-refractivity contribution in [2.24, 2.45) is 0 Å². The average Bonchev–Trinajstić information content (AvgIpc) is 2.79. The van der Waals surface area contributed by atoms with Crippen LogP contribution >= 0.6 is 11.6 Å². The predicted molar refractivity (Wildman–Crippen MR) is 124 cm³/mol. The monoisotopic (exact) mass is 444 g/mol. The number of nitrogens with zero attached hydrogens (tertiary/aromatic N) is 2. The largest absolute Gasteiger partial charge is 0.394 e. The molecule has 31 heavy (non-hydrogen) atoms. The molecule has 5 nitrogen and oxygen atoms in total. The fourth-order valence-electron chi connectivity index (χ4n) is 4.45. The molecule has 168 valence electrons. The molecule has 1 aliphatic rings. The predicted octanol–water partition coefficient (Wildman–Crippen LogP) is 3.92. The van der Waals surface area contributed by atoms with Crippen LogP contribution in [0.3, 0.4) is 0 Å². The number of likely N-dealkylation sites (N-methyl/N-ethyl adjacent to an activating group) is 1. The normalized spacial score (nSPS) is 19.9. The van der Waals surface area contributed by atoms with Crippen LogP contribution in [0.5, 0.6) is 0 Å². The Kier molecular flexibility index (Phi) is 8.50. The number of halogens is 1. The Balaban J connectivity index is 1.51. The Morgan fingerprint density at radius 1 is 1.03 bits per heavy atom. The van der Waals surface area contributed by atoms with E-state index in [2.05, 4.69) is 24.3 Å². The molecule has 6 heteroatoms. The van der Waals surface area contributed by atoms with Gasteiger partial charge in [-0.3, -0.25) is 9.69 Å². The highest BCUT2D eigenvalue weighted by Gasteiger charge is 2.27. The van der Waals surface area contributed by atoms with Crippen LogP contribution in [0.15, 0.2) is 48.5 Å². The summed E-state index contributed by atoms with van der Waals surface area (Å²) in [5.74, 6) is 0.582. The van der Waals surface area contributed by atoms with Crippen molar-refractivity contribution in [1.29, 1.82) is 0 Å². The van der Waals surface area contributed by atoms with Crippen LogP contribution < -0.4 is 0 Å². The fourth-order valence-corrected chi connectivity index (χ4v) is 4.57. The lowest BCUT2D eigenvalue weighted by molar-refractivity contribution is 0.0648. The minimum absolute atomic E-state index is 0.0555. The van der Waals surface area contributed by atoms with Gasteiger partial charge in [0.05, 0.1) is 12.7 Å². The molecule has 1 atom stereocenters. The van der Waals surface area contributed by atoms with Crippen molar-refractivity contribution in [3.05, 3.63) is 70.2 Å². The first-order valence-corrected chi connectivity index (χ1v) is 11.3. The summed E-state index contributed by atoms with van der Waals surface area (Å²) >= 11 is 5.93. The Labute approximate surface area is 190 Å². The van der Waals surface area contributed by atoms with Crippen molar-refractivity contribution >= 4 is 17.5 Å². The Morgan fingerprint density at radius 3 is 2.23 bits per heavy atom. The molecule has 0 heterocycles. The number of aliphatic hydroxyl groups is 2. The Hall–Kier alpha value is -1.92. The van der Waals surface area contributed by atoms with Gasteiger partial charge in [-0.1, -0.05) is 35.9 Å². The van der Waals surface area contributed by atoms with Crippen LogP contribution in [0.2, 0.25) is 5.02 Å². The van der Waals surface area contributed by atoms with Crippen molar-refractivity contribution < 1.29 is 15.0 Å². The zero-order valence-electron chi connectivity index (χ0n) is 18.4. The number of rotatable bonds is 8. The molecule has 0 radical (unpaired) electrons. The molecule has 2 aromatic carbocycles. The second-order valence-electron chi connectivity index (χ2n) is 8.70. The molecular formula is C25H33ClN2O3. The van der Waals surface area contributed by atoms with Crippen molar-refractivity contribution in [1.82, 2.24) is 9.80 Å². The molecule has 1 fully saturated rings. The number of carbonyl (C=O) groups excluding carboxylic acids is 1. The number of amides is 1. The summed E-state index contributed by atoms with van der Waals surface area (Å²) in [6, 6.07) is 16.1. The summed E-state index contributed by atoms with van der Waals surface area (Å²) in [5.41, 5.74) is 3.23. The third-order valence-corrected chi connectivity index (χ3v) is 6.54. The van der Waals surface area contributed by atoms with Crippen molar-refractivity contribution in [2.75, 3.05) is 27.2 Å². The smallest absolute Gasteiger partial charge is 0.253 e. The van der Waals surface area contributed by atoms with Crippen LogP contribution in [0, 0.1) is 0 Å². The third kappa shape index (κ3) is 6.53. The molecule has 1 amide bonds. The maximum Gasteiger partial charge on any atom is 0.253 e. The third-order valence-electron chi connectivity index (χ3n) is 6.29. The van der Waals surface area contributed by atoms with Gasteiger partial charge in [-0.15, -0.1) is 0 Å². The summed E-state index contributed by atoms with van der Waals surface area (Å²) in [6.45, 7) is 0.971. The molecule has 0 spiro atoms. The number of aliphatic hydroxyl groups excluding tert-OH is 2. The van der Waals surface area contributed by atoms with Crippen LogP contribution in [0.1, 0.15) is 53.1 Å². The molecule has 0 bridgehead atoms. The SMILES string of the molecule is CN(Cc1ccc(C2CCC(N(C)C(=O)c3ccc(Cl)cc3)CC2)cc1)C[C@@H](O)CO. The molecule has 0 aliphatic heterocycles. The molecule has 0 saturated heterocycles. The van der Waals surface area contributed by atoms with Crippen molar-refractivity contribution in [3.63, 3.8) is 0 Å². The van der Waals surface area contributed by atoms with Gasteiger partial charge in [0.2, 0.25) is 0 Å². The Bertz CT molecular complexity index is 833. The number of benzene rings is 2. The molecule has 3 rings (SSSR count). The molecule has 2 N–H and O–H groups in total. The van der Waals surface area contributed by atoms with Crippen LogP contribution in [0.25, 0.3) is 0 Å². The maximum atomic E-state index is 12.8.